The van der Waals surface area contributed by atoms with Gasteiger partial charge in [0.2, 0.25) is 0 Å². The third-order valence-corrected chi connectivity index (χ3v) is 3.30. The van der Waals surface area contributed by atoms with Gasteiger partial charge >= 0.3 is 0 Å². The van der Waals surface area contributed by atoms with Crippen molar-refractivity contribution < 1.29 is 4.39 Å². The molecule has 1 aromatic rings. The molecular formula is C16H27FN2. The SMILES string of the molecule is CC.CC(C)c1ccc(CN2CCNCC2)cc1F. The van der Waals surface area contributed by atoms with Gasteiger partial charge in [-0.2, -0.15) is 0 Å². The van der Waals surface area contributed by atoms with Gasteiger partial charge in [-0.05, 0) is 23.1 Å². The fraction of sp³-hybridized carbons (Fsp3) is 0.625. The van der Waals surface area contributed by atoms with Crippen LogP contribution in [0.15, 0.2) is 18.2 Å². The number of hydrogen-bond donors (Lipinski definition) is 1. The average molecular weight is 266 g/mol. The van der Waals surface area contributed by atoms with E-state index in [-0.39, 0.29) is 11.7 Å². The van der Waals surface area contributed by atoms with Gasteiger partial charge in [0.1, 0.15) is 5.82 Å². The molecule has 0 amide bonds. The van der Waals surface area contributed by atoms with Crippen LogP contribution < -0.4 is 5.32 Å². The van der Waals surface area contributed by atoms with Crippen molar-refractivity contribution in [3.63, 3.8) is 0 Å². The van der Waals surface area contributed by atoms with Crippen LogP contribution in [0.3, 0.4) is 0 Å². The summed E-state index contributed by atoms with van der Waals surface area (Å²) in [7, 11) is 0. The van der Waals surface area contributed by atoms with Crippen molar-refractivity contribution in [2.24, 2.45) is 0 Å². The molecule has 1 aromatic carbocycles. The molecule has 2 nitrogen and oxygen atoms in total. The first-order chi connectivity index (χ1) is 9.16. The van der Waals surface area contributed by atoms with Crippen LogP contribution in [0.25, 0.3) is 0 Å². The van der Waals surface area contributed by atoms with E-state index in [1.807, 2.05) is 33.8 Å². The van der Waals surface area contributed by atoms with E-state index in [0.29, 0.717) is 0 Å². The highest BCUT2D eigenvalue weighted by Gasteiger charge is 2.12. The number of piperazine rings is 1. The van der Waals surface area contributed by atoms with Crippen molar-refractivity contribution in [1.82, 2.24) is 10.2 Å². The second kappa shape index (κ2) is 8.28. The molecule has 1 heterocycles. The minimum absolute atomic E-state index is 0.0624. The molecule has 0 atom stereocenters. The minimum Gasteiger partial charge on any atom is -0.314 e. The quantitative estimate of drug-likeness (QED) is 0.902. The van der Waals surface area contributed by atoms with Crippen LogP contribution in [0.1, 0.15) is 44.7 Å². The third-order valence-electron chi connectivity index (χ3n) is 3.30. The molecule has 3 heteroatoms. The molecule has 0 aromatic heterocycles. The lowest BCUT2D eigenvalue weighted by molar-refractivity contribution is 0.233. The van der Waals surface area contributed by atoms with E-state index in [1.54, 1.807) is 6.07 Å². The predicted octanol–water partition coefficient (Wildman–Crippen LogP) is 3.38. The van der Waals surface area contributed by atoms with Crippen LogP contribution >= 0.6 is 0 Å². The molecule has 1 aliphatic rings. The van der Waals surface area contributed by atoms with Gasteiger partial charge in [-0.15, -0.1) is 0 Å². The standard InChI is InChI=1S/C14H21FN2.C2H6/c1-11(2)13-4-3-12(9-14(13)15)10-17-7-5-16-6-8-17;1-2/h3-4,9,11,16H,5-8,10H2,1-2H3;1-2H3. The van der Waals surface area contributed by atoms with Gasteiger partial charge in [0, 0.05) is 32.7 Å². The van der Waals surface area contributed by atoms with Crippen molar-refractivity contribution in [3.05, 3.63) is 35.1 Å². The highest BCUT2D eigenvalue weighted by atomic mass is 19.1. The van der Waals surface area contributed by atoms with E-state index in [0.717, 1.165) is 43.9 Å². The van der Waals surface area contributed by atoms with E-state index >= 15 is 0 Å². The molecule has 0 spiro atoms. The summed E-state index contributed by atoms with van der Waals surface area (Å²) < 4.78 is 13.8. The minimum atomic E-state index is -0.0624. The first-order valence-corrected chi connectivity index (χ1v) is 7.38. The lowest BCUT2D eigenvalue weighted by Crippen LogP contribution is -2.42. The Hall–Kier alpha value is -0.930. The van der Waals surface area contributed by atoms with Crippen LogP contribution in [0.4, 0.5) is 4.39 Å². The molecule has 0 aliphatic carbocycles. The van der Waals surface area contributed by atoms with Gasteiger partial charge in [-0.1, -0.05) is 39.8 Å². The van der Waals surface area contributed by atoms with E-state index in [9.17, 15) is 4.39 Å². The Kier molecular flexibility index (Phi) is 7.03. The molecule has 108 valence electrons. The van der Waals surface area contributed by atoms with Crippen molar-refractivity contribution in [3.8, 4) is 0 Å². The molecule has 0 radical (unpaired) electrons. The normalized spacial score (nSPS) is 16.1. The summed E-state index contributed by atoms with van der Waals surface area (Å²) >= 11 is 0. The van der Waals surface area contributed by atoms with Gasteiger partial charge in [-0.3, -0.25) is 4.90 Å². The van der Waals surface area contributed by atoms with E-state index in [4.69, 9.17) is 0 Å². The summed E-state index contributed by atoms with van der Waals surface area (Å²) in [6.07, 6.45) is 0. The highest BCUT2D eigenvalue weighted by molar-refractivity contribution is 5.26. The highest BCUT2D eigenvalue weighted by Crippen LogP contribution is 2.20. The summed E-state index contributed by atoms with van der Waals surface area (Å²) in [4.78, 5) is 2.36. The Balaban J connectivity index is 0.000000861. The Morgan fingerprint density at radius 2 is 1.84 bits per heavy atom. The molecule has 2 rings (SSSR count). The number of halogens is 1. The smallest absolute Gasteiger partial charge is 0.126 e. The zero-order chi connectivity index (χ0) is 14.3. The van der Waals surface area contributed by atoms with Gasteiger partial charge in [0.15, 0.2) is 0 Å². The molecule has 19 heavy (non-hydrogen) atoms. The van der Waals surface area contributed by atoms with E-state index in [1.165, 1.54) is 0 Å². The third kappa shape index (κ3) is 4.92. The van der Waals surface area contributed by atoms with Crippen LogP contribution in [0, 0.1) is 5.82 Å². The monoisotopic (exact) mass is 266 g/mol. The van der Waals surface area contributed by atoms with E-state index < -0.39 is 0 Å². The van der Waals surface area contributed by atoms with Gasteiger partial charge in [0.05, 0.1) is 0 Å². The van der Waals surface area contributed by atoms with E-state index in [2.05, 4.69) is 16.3 Å². The molecule has 0 bridgehead atoms. The number of benzene rings is 1. The first kappa shape index (κ1) is 16.1. The number of rotatable bonds is 3. The zero-order valence-corrected chi connectivity index (χ0v) is 12.7. The van der Waals surface area contributed by atoms with Crippen molar-refractivity contribution in [1.29, 1.82) is 0 Å². The molecule has 1 fully saturated rings. The maximum atomic E-state index is 13.8. The lowest BCUT2D eigenvalue weighted by Gasteiger charge is -2.27. The molecule has 0 unspecified atom stereocenters. The van der Waals surface area contributed by atoms with Gasteiger partial charge in [0.25, 0.3) is 0 Å². The molecule has 1 N–H and O–H groups in total. The maximum absolute atomic E-state index is 13.8. The summed E-state index contributed by atoms with van der Waals surface area (Å²) in [5, 5.41) is 3.32. The number of nitrogens with one attached hydrogen (secondary N) is 1. The Bertz CT molecular complexity index is 371. The lowest BCUT2D eigenvalue weighted by atomic mass is 10.0. The largest absolute Gasteiger partial charge is 0.314 e. The van der Waals surface area contributed by atoms with Gasteiger partial charge < -0.3 is 5.32 Å². The molecule has 1 aliphatic heterocycles. The number of nitrogens with zero attached hydrogens (tertiary/aromatic N) is 1. The second-order valence-corrected chi connectivity index (χ2v) is 5.04. The van der Waals surface area contributed by atoms with Crippen molar-refractivity contribution in [2.45, 2.75) is 40.2 Å². The predicted molar refractivity (Wildman–Crippen MR) is 80.0 cm³/mol. The van der Waals surface area contributed by atoms with Gasteiger partial charge in [-0.25, -0.2) is 4.39 Å². The van der Waals surface area contributed by atoms with Crippen LogP contribution in [0.5, 0.6) is 0 Å². The zero-order valence-electron chi connectivity index (χ0n) is 12.7. The summed E-state index contributed by atoms with van der Waals surface area (Å²) in [5.74, 6) is 0.191. The Labute approximate surface area is 117 Å². The maximum Gasteiger partial charge on any atom is 0.126 e. The van der Waals surface area contributed by atoms with Crippen LogP contribution in [0.2, 0.25) is 0 Å². The summed E-state index contributed by atoms with van der Waals surface area (Å²) in [6, 6.07) is 5.68. The summed E-state index contributed by atoms with van der Waals surface area (Å²) in [5.41, 5.74) is 1.89. The molecular weight excluding hydrogens is 239 g/mol. The van der Waals surface area contributed by atoms with Crippen LogP contribution in [-0.2, 0) is 6.54 Å². The fourth-order valence-corrected chi connectivity index (χ4v) is 2.26. The number of hydrogen-bond acceptors (Lipinski definition) is 2. The molecule has 0 saturated carbocycles. The van der Waals surface area contributed by atoms with Crippen molar-refractivity contribution >= 4 is 0 Å². The second-order valence-electron chi connectivity index (χ2n) is 5.04. The first-order valence-electron chi connectivity index (χ1n) is 7.38. The average Bonchev–Trinajstić information content (AvgIpc) is 2.42. The fourth-order valence-electron chi connectivity index (χ4n) is 2.26. The topological polar surface area (TPSA) is 15.3 Å². The Morgan fingerprint density at radius 3 is 2.37 bits per heavy atom. The summed E-state index contributed by atoms with van der Waals surface area (Å²) in [6.45, 7) is 13.1. The molecule has 1 saturated heterocycles. The van der Waals surface area contributed by atoms with Crippen LogP contribution in [-0.4, -0.2) is 31.1 Å². The Morgan fingerprint density at radius 1 is 1.21 bits per heavy atom. The van der Waals surface area contributed by atoms with Crippen molar-refractivity contribution in [2.75, 3.05) is 26.2 Å².